The number of carbonyl (C=O) groups is 1. The monoisotopic (exact) mass is 469 g/mol. The molecule has 0 spiro atoms. The van der Waals surface area contributed by atoms with Crippen LogP contribution in [0.1, 0.15) is 39.5 Å². The van der Waals surface area contributed by atoms with Crippen molar-refractivity contribution in [2.45, 2.75) is 26.1 Å². The molecule has 1 atom stereocenters. The molecule has 0 saturated heterocycles. The van der Waals surface area contributed by atoms with Gasteiger partial charge in [-0.1, -0.05) is 13.0 Å². The van der Waals surface area contributed by atoms with Gasteiger partial charge in [0.25, 0.3) is 5.91 Å². The zero-order chi connectivity index (χ0) is 17.6. The summed E-state index contributed by atoms with van der Waals surface area (Å²) >= 11 is 3.99. The number of fused-ring (bicyclic) bond motifs is 3. The lowest BCUT2D eigenvalue weighted by Gasteiger charge is -2.28. The third kappa shape index (κ3) is 3.02. The Morgan fingerprint density at radius 3 is 2.96 bits per heavy atom. The number of rotatable bonds is 3. The molecule has 7 heteroatoms. The number of methoxy groups -OCH3 is 1. The van der Waals surface area contributed by atoms with Gasteiger partial charge in [-0.15, -0.1) is 11.3 Å². The number of amides is 1. The minimum Gasteiger partial charge on any atom is -0.496 e. The smallest absolute Gasteiger partial charge is 0.256 e. The standard InChI is InChI=1S/C18H20IN3O2S/c1-3-22-7-6-11-14(9-22)25-18-15(11)17(23)20-16(21-18)10-4-5-13(24-2)12(19)8-10/h4-5,8,16,21H,3,6-7,9H2,1-2H3,(H,20,23)/t16-/m0/s1. The SMILES string of the molecule is CCN1CCc2c(sc3c2C(=O)N[C@H](c2ccc(OC)c(I)c2)N3)C1. The van der Waals surface area contributed by atoms with Crippen LogP contribution in [-0.2, 0) is 13.0 Å². The normalized spacial score (nSPS) is 19.6. The van der Waals surface area contributed by atoms with Crippen LogP contribution in [0.15, 0.2) is 18.2 Å². The van der Waals surface area contributed by atoms with Crippen molar-refractivity contribution < 1.29 is 9.53 Å². The van der Waals surface area contributed by atoms with Gasteiger partial charge >= 0.3 is 0 Å². The van der Waals surface area contributed by atoms with Gasteiger partial charge in [0.1, 0.15) is 16.9 Å². The molecule has 3 heterocycles. The Bertz CT molecular complexity index is 836. The Labute approximate surface area is 164 Å². The Morgan fingerprint density at radius 1 is 1.40 bits per heavy atom. The van der Waals surface area contributed by atoms with E-state index >= 15 is 0 Å². The number of ether oxygens (including phenoxy) is 1. The highest BCUT2D eigenvalue weighted by Crippen LogP contribution is 2.41. The third-order valence-electron chi connectivity index (χ3n) is 4.87. The van der Waals surface area contributed by atoms with E-state index in [2.05, 4.69) is 51.1 Å². The van der Waals surface area contributed by atoms with E-state index in [9.17, 15) is 4.79 Å². The van der Waals surface area contributed by atoms with E-state index in [1.807, 2.05) is 12.1 Å². The van der Waals surface area contributed by atoms with E-state index in [1.54, 1.807) is 18.4 Å². The van der Waals surface area contributed by atoms with E-state index in [0.717, 1.165) is 51.5 Å². The van der Waals surface area contributed by atoms with E-state index in [4.69, 9.17) is 4.74 Å². The van der Waals surface area contributed by atoms with Gasteiger partial charge in [0.2, 0.25) is 0 Å². The minimum atomic E-state index is -0.207. The largest absolute Gasteiger partial charge is 0.496 e. The number of halogens is 1. The Morgan fingerprint density at radius 2 is 2.24 bits per heavy atom. The summed E-state index contributed by atoms with van der Waals surface area (Å²) in [5.41, 5.74) is 3.12. The third-order valence-corrected chi connectivity index (χ3v) is 6.86. The lowest BCUT2D eigenvalue weighted by Crippen LogP contribution is -2.38. The number of carbonyl (C=O) groups excluding carboxylic acids is 1. The Balaban J connectivity index is 1.65. The summed E-state index contributed by atoms with van der Waals surface area (Å²) in [5, 5.41) is 7.64. The number of hydrogen-bond acceptors (Lipinski definition) is 5. The first-order valence-electron chi connectivity index (χ1n) is 8.38. The molecule has 0 aliphatic carbocycles. The van der Waals surface area contributed by atoms with Gasteiger partial charge in [-0.3, -0.25) is 9.69 Å². The van der Waals surface area contributed by atoms with Crippen LogP contribution in [0.2, 0.25) is 0 Å². The van der Waals surface area contributed by atoms with E-state index in [-0.39, 0.29) is 12.1 Å². The summed E-state index contributed by atoms with van der Waals surface area (Å²) in [4.78, 5) is 16.5. The van der Waals surface area contributed by atoms with Gasteiger partial charge in [0.15, 0.2) is 0 Å². The summed E-state index contributed by atoms with van der Waals surface area (Å²) in [6.07, 6.45) is 0.747. The predicted molar refractivity (Wildman–Crippen MR) is 109 cm³/mol. The molecule has 4 rings (SSSR count). The molecule has 2 aromatic rings. The van der Waals surface area contributed by atoms with Gasteiger partial charge in [-0.05, 0) is 58.8 Å². The van der Waals surface area contributed by atoms with Crippen LogP contribution < -0.4 is 15.4 Å². The van der Waals surface area contributed by atoms with Crippen LogP contribution in [-0.4, -0.2) is 31.0 Å². The second-order valence-corrected chi connectivity index (χ2v) is 8.54. The van der Waals surface area contributed by atoms with E-state index in [0.29, 0.717) is 0 Å². The predicted octanol–water partition coefficient (Wildman–Crippen LogP) is 3.59. The Hall–Kier alpha value is -1.32. The molecule has 5 nitrogen and oxygen atoms in total. The lowest BCUT2D eigenvalue weighted by atomic mass is 10.0. The molecule has 1 aromatic heterocycles. The molecule has 0 saturated carbocycles. The van der Waals surface area contributed by atoms with Crippen LogP contribution in [0.5, 0.6) is 5.75 Å². The van der Waals surface area contributed by atoms with Crippen molar-refractivity contribution in [1.29, 1.82) is 0 Å². The lowest BCUT2D eigenvalue weighted by molar-refractivity contribution is 0.0934. The van der Waals surface area contributed by atoms with Gasteiger partial charge in [-0.2, -0.15) is 0 Å². The summed E-state index contributed by atoms with van der Waals surface area (Å²) < 4.78 is 6.35. The first-order chi connectivity index (χ1) is 12.1. The minimum absolute atomic E-state index is 0.0343. The molecule has 0 unspecified atom stereocenters. The number of likely N-dealkylation sites (N-methyl/N-ethyl adjacent to an activating group) is 1. The fourth-order valence-corrected chi connectivity index (χ4v) is 5.54. The molecular formula is C18H20IN3O2S. The highest BCUT2D eigenvalue weighted by Gasteiger charge is 2.33. The molecule has 2 aliphatic heterocycles. The topological polar surface area (TPSA) is 53.6 Å². The molecule has 0 fully saturated rings. The summed E-state index contributed by atoms with van der Waals surface area (Å²) in [6.45, 7) is 5.21. The molecule has 0 bridgehead atoms. The first-order valence-corrected chi connectivity index (χ1v) is 10.3. The average Bonchev–Trinajstić information content (AvgIpc) is 2.99. The fraction of sp³-hybridized carbons (Fsp3) is 0.389. The molecule has 0 radical (unpaired) electrons. The van der Waals surface area contributed by atoms with Crippen molar-refractivity contribution in [3.05, 3.63) is 43.3 Å². The molecule has 2 aliphatic rings. The van der Waals surface area contributed by atoms with Gasteiger partial charge in [0, 0.05) is 18.0 Å². The molecule has 2 N–H and O–H groups in total. The maximum absolute atomic E-state index is 12.8. The van der Waals surface area contributed by atoms with Crippen molar-refractivity contribution in [1.82, 2.24) is 10.2 Å². The van der Waals surface area contributed by atoms with Crippen molar-refractivity contribution in [2.75, 3.05) is 25.5 Å². The Kier molecular flexibility index (Phi) is 4.63. The summed E-state index contributed by atoms with van der Waals surface area (Å²) in [5.74, 6) is 0.880. The van der Waals surface area contributed by atoms with Gasteiger partial charge < -0.3 is 15.4 Å². The molecule has 1 amide bonds. The quantitative estimate of drug-likeness (QED) is 0.675. The number of nitrogens with zero attached hydrogens (tertiary/aromatic N) is 1. The second kappa shape index (κ2) is 6.77. The number of hydrogen-bond donors (Lipinski definition) is 2. The summed E-state index contributed by atoms with van der Waals surface area (Å²) in [6, 6.07) is 5.99. The van der Waals surface area contributed by atoms with Crippen LogP contribution in [0, 0.1) is 3.57 Å². The van der Waals surface area contributed by atoms with Crippen molar-refractivity contribution in [3.8, 4) is 5.75 Å². The molecule has 132 valence electrons. The van der Waals surface area contributed by atoms with Crippen LogP contribution in [0.25, 0.3) is 0 Å². The van der Waals surface area contributed by atoms with E-state index in [1.165, 1.54) is 10.4 Å². The first kappa shape index (κ1) is 17.1. The number of thiophene rings is 1. The summed E-state index contributed by atoms with van der Waals surface area (Å²) in [7, 11) is 1.67. The van der Waals surface area contributed by atoms with Crippen LogP contribution in [0.3, 0.4) is 0 Å². The van der Waals surface area contributed by atoms with Crippen molar-refractivity contribution in [2.24, 2.45) is 0 Å². The maximum Gasteiger partial charge on any atom is 0.256 e. The number of anilines is 1. The second-order valence-electron chi connectivity index (χ2n) is 6.27. The van der Waals surface area contributed by atoms with E-state index < -0.39 is 0 Å². The highest BCUT2D eigenvalue weighted by molar-refractivity contribution is 14.1. The van der Waals surface area contributed by atoms with Crippen molar-refractivity contribution in [3.63, 3.8) is 0 Å². The molecule has 25 heavy (non-hydrogen) atoms. The number of benzene rings is 1. The maximum atomic E-state index is 12.8. The van der Waals surface area contributed by atoms with Crippen LogP contribution >= 0.6 is 33.9 Å². The molecular weight excluding hydrogens is 449 g/mol. The van der Waals surface area contributed by atoms with Gasteiger partial charge in [0.05, 0.1) is 16.2 Å². The average molecular weight is 469 g/mol. The van der Waals surface area contributed by atoms with Gasteiger partial charge in [-0.25, -0.2) is 0 Å². The van der Waals surface area contributed by atoms with Crippen molar-refractivity contribution >= 4 is 44.8 Å². The zero-order valence-electron chi connectivity index (χ0n) is 14.2. The van der Waals surface area contributed by atoms with Crippen LogP contribution in [0.4, 0.5) is 5.00 Å². The zero-order valence-corrected chi connectivity index (χ0v) is 17.2. The number of nitrogens with one attached hydrogen (secondary N) is 2. The fourth-order valence-electron chi connectivity index (χ4n) is 3.47. The highest BCUT2D eigenvalue weighted by atomic mass is 127. The molecule has 1 aromatic carbocycles.